The van der Waals surface area contributed by atoms with E-state index in [0.29, 0.717) is 5.56 Å². The summed E-state index contributed by atoms with van der Waals surface area (Å²) in [4.78, 5) is 42.2. The number of aromatic nitrogens is 3. The summed E-state index contributed by atoms with van der Waals surface area (Å²) >= 11 is 0. The summed E-state index contributed by atoms with van der Waals surface area (Å²) in [6.07, 6.45) is 2.24. The van der Waals surface area contributed by atoms with E-state index in [-0.39, 0.29) is 67.8 Å². The predicted molar refractivity (Wildman–Crippen MR) is 144 cm³/mol. The molecule has 2 aliphatic rings. The number of hydrogen-bond donors (Lipinski definition) is 0. The molecule has 0 saturated carbocycles. The summed E-state index contributed by atoms with van der Waals surface area (Å²) in [6, 6.07) is 12.4. The Kier molecular flexibility index (Phi) is 7.17. The molecule has 0 unspecified atom stereocenters. The second-order valence-electron chi connectivity index (χ2n) is 9.73. The Labute approximate surface area is 238 Å². The molecule has 4 heterocycles. The van der Waals surface area contributed by atoms with Crippen LogP contribution in [0, 0.1) is 11.6 Å². The van der Waals surface area contributed by atoms with Gasteiger partial charge in [0.15, 0.2) is 11.4 Å². The lowest BCUT2D eigenvalue weighted by Gasteiger charge is -2.41. The Morgan fingerprint density at radius 1 is 1.07 bits per heavy atom. The van der Waals surface area contributed by atoms with E-state index in [1.54, 1.807) is 0 Å². The van der Waals surface area contributed by atoms with E-state index in [4.69, 9.17) is 14.2 Å². The van der Waals surface area contributed by atoms with E-state index in [9.17, 15) is 23.2 Å². The zero-order chi connectivity index (χ0) is 29.4. The van der Waals surface area contributed by atoms with Crippen LogP contribution in [0.2, 0.25) is 0 Å². The summed E-state index contributed by atoms with van der Waals surface area (Å²) in [6.45, 7) is -0.0907. The maximum absolute atomic E-state index is 14.3. The Balaban J connectivity index is 1.48. The first-order valence-electron chi connectivity index (χ1n) is 13.0. The van der Waals surface area contributed by atoms with Crippen molar-refractivity contribution in [3.8, 4) is 16.9 Å². The molecule has 13 heteroatoms. The lowest BCUT2D eigenvalue weighted by molar-refractivity contribution is 0.0564. The third-order valence-electron chi connectivity index (χ3n) is 7.04. The minimum absolute atomic E-state index is 0.0131. The predicted octanol–water partition coefficient (Wildman–Crippen LogP) is 3.27. The van der Waals surface area contributed by atoms with Crippen molar-refractivity contribution in [1.29, 1.82) is 0 Å². The highest BCUT2D eigenvalue weighted by molar-refractivity contribution is 5.99. The number of ether oxygens (including phenoxy) is 3. The first-order chi connectivity index (χ1) is 20.4. The van der Waals surface area contributed by atoms with Gasteiger partial charge in [0.25, 0.3) is 5.91 Å². The first kappa shape index (κ1) is 27.1. The first-order valence-corrected chi connectivity index (χ1v) is 13.0. The largest absolute Gasteiger partial charge is 0.482 e. The minimum Gasteiger partial charge on any atom is -0.482 e. The Morgan fingerprint density at radius 2 is 1.88 bits per heavy atom. The summed E-state index contributed by atoms with van der Waals surface area (Å²) in [7, 11) is 1.49. The maximum Gasteiger partial charge on any atom is 0.431 e. The Bertz CT molecular complexity index is 1740. The molecular weight excluding hydrogens is 552 g/mol. The van der Waals surface area contributed by atoms with Crippen molar-refractivity contribution in [2.75, 3.05) is 31.9 Å². The fourth-order valence-corrected chi connectivity index (χ4v) is 5.00. The fraction of sp³-hybridized carbons (Fsp3) is 0.241. The number of nitrogens with zero attached hydrogens (tertiary/aromatic N) is 5. The third-order valence-corrected chi connectivity index (χ3v) is 7.04. The van der Waals surface area contributed by atoms with Gasteiger partial charge in [0.1, 0.15) is 31.5 Å². The Morgan fingerprint density at radius 3 is 2.64 bits per heavy atom. The van der Waals surface area contributed by atoms with E-state index in [2.05, 4.69) is 5.10 Å². The molecule has 0 radical (unpaired) electrons. The SMILES string of the molecule is COCCN1CN2C(=O)OCc3c(-c4cnn(Cc5ccc(F)cc5F)c4)c(=O)c(OCc4ccccc4)c(n32)C1=O. The zero-order valence-electron chi connectivity index (χ0n) is 22.5. The second kappa shape index (κ2) is 11.1. The van der Waals surface area contributed by atoms with Crippen LogP contribution in [0.4, 0.5) is 13.6 Å². The van der Waals surface area contributed by atoms with Gasteiger partial charge in [-0.3, -0.25) is 14.3 Å². The molecule has 0 N–H and O–H groups in total. The highest BCUT2D eigenvalue weighted by Gasteiger charge is 2.42. The number of rotatable bonds is 9. The van der Waals surface area contributed by atoms with Gasteiger partial charge in [-0.25, -0.2) is 18.3 Å². The summed E-state index contributed by atoms with van der Waals surface area (Å²) in [5.74, 6) is -2.17. The number of cyclic esters (lactones) is 1. The van der Waals surface area contributed by atoms with Gasteiger partial charge >= 0.3 is 6.09 Å². The second-order valence-corrected chi connectivity index (χ2v) is 9.73. The van der Waals surface area contributed by atoms with Crippen molar-refractivity contribution in [3.05, 3.63) is 105 Å². The van der Waals surface area contributed by atoms with Crippen LogP contribution in [0.15, 0.2) is 65.7 Å². The Hall–Kier alpha value is -5.04. The van der Waals surface area contributed by atoms with Gasteiger partial charge in [-0.15, -0.1) is 0 Å². The highest BCUT2D eigenvalue weighted by Crippen LogP contribution is 2.33. The van der Waals surface area contributed by atoms with Crippen molar-refractivity contribution in [1.82, 2.24) is 19.4 Å². The van der Waals surface area contributed by atoms with Crippen LogP contribution in [0.3, 0.4) is 0 Å². The molecule has 0 fully saturated rings. The average molecular weight is 578 g/mol. The molecule has 2 amide bonds. The standard InChI is InChI=1S/C29H25F2N5O6/c1-40-10-9-33-17-35-29(39)42-16-23-24(20-12-32-34(14-20)13-19-7-8-21(30)11-22(19)31)26(37)27(25(28(33)38)36(23)35)41-15-18-5-3-2-4-6-18/h2-8,11-12,14H,9-10,13,15-17H2,1H3. The molecular formula is C29H25F2N5O6. The number of methoxy groups -OCH3 is 1. The number of hydrogen-bond acceptors (Lipinski definition) is 7. The van der Waals surface area contributed by atoms with Gasteiger partial charge < -0.3 is 19.1 Å². The van der Waals surface area contributed by atoms with Gasteiger partial charge in [-0.05, 0) is 11.6 Å². The van der Waals surface area contributed by atoms with E-state index < -0.39 is 29.1 Å². The van der Waals surface area contributed by atoms with E-state index in [0.717, 1.165) is 17.7 Å². The van der Waals surface area contributed by atoms with Gasteiger partial charge in [0, 0.05) is 37.0 Å². The molecule has 4 aromatic rings. The average Bonchev–Trinajstić information content (AvgIpc) is 3.44. The van der Waals surface area contributed by atoms with Crippen molar-refractivity contribution in [3.63, 3.8) is 0 Å². The number of amides is 2. The molecule has 2 aromatic carbocycles. The highest BCUT2D eigenvalue weighted by atomic mass is 19.1. The van der Waals surface area contributed by atoms with Crippen LogP contribution in [0.1, 0.15) is 27.3 Å². The maximum atomic E-state index is 14.3. The lowest BCUT2D eigenvalue weighted by atomic mass is 10.0. The molecule has 6 rings (SSSR count). The molecule has 42 heavy (non-hydrogen) atoms. The van der Waals surface area contributed by atoms with Gasteiger partial charge in [-0.1, -0.05) is 36.4 Å². The lowest BCUT2D eigenvalue weighted by Crippen LogP contribution is -2.60. The van der Waals surface area contributed by atoms with Crippen molar-refractivity contribution >= 4 is 12.0 Å². The molecule has 216 valence electrons. The smallest absolute Gasteiger partial charge is 0.431 e. The number of carbonyl (C=O) groups is 2. The van der Waals surface area contributed by atoms with E-state index in [1.807, 2.05) is 30.3 Å². The third kappa shape index (κ3) is 4.87. The van der Waals surface area contributed by atoms with Gasteiger partial charge in [0.05, 0.1) is 30.6 Å². The van der Waals surface area contributed by atoms with Crippen LogP contribution in [-0.2, 0) is 29.2 Å². The molecule has 0 spiro atoms. The molecule has 0 atom stereocenters. The van der Waals surface area contributed by atoms with Crippen molar-refractivity contribution in [2.24, 2.45) is 0 Å². The minimum atomic E-state index is -0.730. The van der Waals surface area contributed by atoms with Crippen LogP contribution < -0.4 is 15.2 Å². The van der Waals surface area contributed by atoms with Crippen molar-refractivity contribution in [2.45, 2.75) is 19.8 Å². The monoisotopic (exact) mass is 577 g/mol. The molecule has 0 saturated heterocycles. The topological polar surface area (TPSA) is 108 Å². The van der Waals surface area contributed by atoms with Crippen LogP contribution >= 0.6 is 0 Å². The van der Waals surface area contributed by atoms with E-state index >= 15 is 0 Å². The number of halogens is 2. The number of carbonyl (C=O) groups excluding carboxylic acids is 2. The van der Waals surface area contributed by atoms with E-state index in [1.165, 1.54) is 44.8 Å². The normalized spacial score (nSPS) is 14.2. The number of pyridine rings is 1. The molecule has 0 bridgehead atoms. The molecule has 2 aromatic heterocycles. The summed E-state index contributed by atoms with van der Waals surface area (Å²) in [5, 5.41) is 5.50. The van der Waals surface area contributed by atoms with Crippen molar-refractivity contribution < 1.29 is 32.6 Å². The summed E-state index contributed by atoms with van der Waals surface area (Å²) in [5.41, 5.74) is 0.970. The quantitative estimate of drug-likeness (QED) is 0.301. The van der Waals surface area contributed by atoms with Crippen LogP contribution in [0.25, 0.3) is 11.1 Å². The van der Waals surface area contributed by atoms with Crippen LogP contribution in [0.5, 0.6) is 5.75 Å². The molecule has 0 aliphatic carbocycles. The van der Waals surface area contributed by atoms with Gasteiger partial charge in [-0.2, -0.15) is 10.1 Å². The fourth-order valence-electron chi connectivity index (χ4n) is 5.00. The van der Waals surface area contributed by atoms with Gasteiger partial charge in [0.2, 0.25) is 5.43 Å². The summed E-state index contributed by atoms with van der Waals surface area (Å²) < 4.78 is 47.0. The molecule has 2 aliphatic heterocycles. The van der Waals surface area contributed by atoms with Crippen LogP contribution in [-0.4, -0.2) is 58.3 Å². The number of benzene rings is 2. The molecule has 11 nitrogen and oxygen atoms in total. The zero-order valence-corrected chi connectivity index (χ0v) is 22.5.